The van der Waals surface area contributed by atoms with E-state index < -0.39 is 26.5 Å². The van der Waals surface area contributed by atoms with E-state index in [1.807, 2.05) is 78.9 Å². The van der Waals surface area contributed by atoms with Crippen molar-refractivity contribution < 1.29 is 27.4 Å². The van der Waals surface area contributed by atoms with Gasteiger partial charge in [-0.15, -0.1) is 10.6 Å². The first-order chi connectivity index (χ1) is 25.6. The number of fused-ring (bicyclic) bond motifs is 4. The summed E-state index contributed by atoms with van der Waals surface area (Å²) in [5.74, 6) is -0.240. The predicted molar refractivity (Wildman–Crippen MR) is 207 cm³/mol. The van der Waals surface area contributed by atoms with Gasteiger partial charge in [-0.1, -0.05) is 84.9 Å². The topological polar surface area (TPSA) is 115 Å². The van der Waals surface area contributed by atoms with E-state index in [-0.39, 0.29) is 30.9 Å². The molecule has 0 aromatic heterocycles. The van der Waals surface area contributed by atoms with Crippen molar-refractivity contribution >= 4 is 43.3 Å². The minimum atomic E-state index is -3.78. The number of aliphatic hydroxyl groups is 1. The van der Waals surface area contributed by atoms with Crippen LogP contribution in [0.5, 0.6) is 0 Å². The van der Waals surface area contributed by atoms with Gasteiger partial charge in [0, 0.05) is 39.3 Å². The highest BCUT2D eigenvalue weighted by Gasteiger charge is 2.36. The summed E-state index contributed by atoms with van der Waals surface area (Å²) in [6, 6.07) is 49.3. The number of benzene rings is 7. The lowest BCUT2D eigenvalue weighted by Crippen LogP contribution is -2.18. The van der Waals surface area contributed by atoms with Crippen LogP contribution in [0.2, 0.25) is 0 Å². The smallest absolute Gasteiger partial charge is 0.207 e. The molecule has 1 atom stereocenters. The zero-order chi connectivity index (χ0) is 36.5. The molecular formula is C44H31NO6S2. The summed E-state index contributed by atoms with van der Waals surface area (Å²) in [7, 11) is -7.11. The number of nitrogens with zero attached hydrogens (tertiary/aromatic N) is 1. The molecule has 0 saturated carbocycles. The minimum absolute atomic E-state index is 0.107. The van der Waals surface area contributed by atoms with Crippen LogP contribution >= 0.6 is 10.6 Å². The number of rotatable bonds is 5. The molecule has 0 radical (unpaired) electrons. The van der Waals surface area contributed by atoms with Crippen LogP contribution in [-0.2, 0) is 9.84 Å². The molecular weight excluding hydrogens is 703 g/mol. The van der Waals surface area contributed by atoms with Crippen LogP contribution in [0.15, 0.2) is 183 Å². The Labute approximate surface area is 308 Å². The second kappa shape index (κ2) is 12.4. The van der Waals surface area contributed by atoms with Crippen molar-refractivity contribution in [2.75, 3.05) is 4.90 Å². The molecule has 0 saturated heterocycles. The van der Waals surface area contributed by atoms with Crippen molar-refractivity contribution in [3.8, 4) is 22.3 Å². The van der Waals surface area contributed by atoms with Gasteiger partial charge in [-0.3, -0.25) is 13.9 Å². The zero-order valence-electron chi connectivity index (χ0n) is 28.0. The summed E-state index contributed by atoms with van der Waals surface area (Å²) in [6.07, 6.45) is -1.08. The van der Waals surface area contributed by atoms with Gasteiger partial charge in [0.2, 0.25) is 9.84 Å². The van der Waals surface area contributed by atoms with Gasteiger partial charge in [-0.05, 0) is 101 Å². The molecule has 7 nitrogen and oxygen atoms in total. The molecule has 0 spiro atoms. The third-order valence-electron chi connectivity index (χ3n) is 9.98. The molecule has 2 aliphatic rings. The van der Waals surface area contributed by atoms with E-state index in [1.165, 1.54) is 6.07 Å². The molecule has 3 N–H and O–H groups in total. The molecule has 260 valence electrons. The first-order valence-corrected chi connectivity index (χ1v) is 19.9. The Morgan fingerprint density at radius 1 is 0.453 bits per heavy atom. The van der Waals surface area contributed by atoms with Crippen molar-refractivity contribution in [3.05, 3.63) is 186 Å². The van der Waals surface area contributed by atoms with E-state index in [1.54, 1.807) is 78.9 Å². The SMILES string of the molecule is O=C1c2ccccc2S(O)(O)c2ccc(-c3ccc(N(c4ccccc4)c4cccc(-c5ccc6c(c5)C(O)c5ccccc5S6(=O)=O)c4)cc3)cc21. The van der Waals surface area contributed by atoms with Gasteiger partial charge in [0.25, 0.3) is 0 Å². The monoisotopic (exact) mass is 733 g/mol. The highest BCUT2D eigenvalue weighted by molar-refractivity contribution is 8.24. The number of para-hydroxylation sites is 1. The fourth-order valence-electron chi connectivity index (χ4n) is 7.38. The van der Waals surface area contributed by atoms with Gasteiger partial charge in [0.05, 0.1) is 19.6 Å². The average molecular weight is 734 g/mol. The van der Waals surface area contributed by atoms with Crippen molar-refractivity contribution in [2.24, 2.45) is 0 Å². The van der Waals surface area contributed by atoms with Gasteiger partial charge in [-0.25, -0.2) is 8.42 Å². The van der Waals surface area contributed by atoms with Crippen LogP contribution in [0, 0.1) is 0 Å². The second-order valence-electron chi connectivity index (χ2n) is 13.0. The number of hydrogen-bond donors (Lipinski definition) is 3. The largest absolute Gasteiger partial charge is 0.384 e. The standard InChI is InChI=1S/C44H31NO6S2/c46-43-35-13-4-6-15-39(35)52(48,49)41-23-19-30(26-37(41)43)28-17-21-33(22-18-28)45(32-10-2-1-3-11-32)34-12-8-9-29(25-34)31-20-24-42-38(27-31)44(47)36-14-5-7-16-40(36)53(42,50)51/h1-27,44,47-49H. The second-order valence-corrected chi connectivity index (χ2v) is 16.9. The molecule has 0 fully saturated rings. The maximum atomic E-state index is 13.5. The molecule has 9 heteroatoms. The Morgan fingerprint density at radius 3 is 1.77 bits per heavy atom. The summed E-state index contributed by atoms with van der Waals surface area (Å²) >= 11 is 0. The third kappa shape index (κ3) is 5.32. The molecule has 7 aromatic carbocycles. The lowest BCUT2D eigenvalue weighted by molar-refractivity contribution is 0.103. The minimum Gasteiger partial charge on any atom is -0.384 e. The number of hydrogen-bond acceptors (Lipinski definition) is 7. The molecule has 2 heterocycles. The average Bonchev–Trinajstić information content (AvgIpc) is 3.20. The van der Waals surface area contributed by atoms with Gasteiger partial charge in [0.15, 0.2) is 5.78 Å². The highest BCUT2D eigenvalue weighted by Crippen LogP contribution is 2.61. The lowest BCUT2D eigenvalue weighted by Gasteiger charge is -2.38. The number of carbonyl (C=O) groups is 1. The summed E-state index contributed by atoms with van der Waals surface area (Å²) < 4.78 is 49.2. The van der Waals surface area contributed by atoms with Crippen molar-refractivity contribution in [1.29, 1.82) is 0 Å². The molecule has 0 aliphatic carbocycles. The van der Waals surface area contributed by atoms with E-state index in [0.717, 1.165) is 39.3 Å². The Balaban J connectivity index is 1.08. The van der Waals surface area contributed by atoms with Crippen LogP contribution < -0.4 is 4.90 Å². The molecule has 0 bridgehead atoms. The van der Waals surface area contributed by atoms with Crippen LogP contribution in [-0.4, -0.2) is 28.4 Å². The van der Waals surface area contributed by atoms with E-state index in [9.17, 15) is 27.4 Å². The van der Waals surface area contributed by atoms with Crippen LogP contribution in [0.25, 0.3) is 22.3 Å². The Kier molecular flexibility index (Phi) is 7.74. The van der Waals surface area contributed by atoms with Crippen LogP contribution in [0.4, 0.5) is 17.1 Å². The Morgan fingerprint density at radius 2 is 1.00 bits per heavy atom. The number of ketones is 1. The first-order valence-electron chi connectivity index (χ1n) is 16.9. The summed E-state index contributed by atoms with van der Waals surface area (Å²) in [5, 5.41) is 11.3. The van der Waals surface area contributed by atoms with Crippen LogP contribution in [0.3, 0.4) is 0 Å². The fourth-order valence-corrected chi connectivity index (χ4v) is 10.8. The van der Waals surface area contributed by atoms with Gasteiger partial charge in [0.1, 0.15) is 6.10 Å². The Bertz CT molecular complexity index is 2710. The molecule has 53 heavy (non-hydrogen) atoms. The van der Waals surface area contributed by atoms with Gasteiger partial charge in [-0.2, -0.15) is 0 Å². The van der Waals surface area contributed by atoms with Gasteiger partial charge < -0.3 is 10.0 Å². The maximum Gasteiger partial charge on any atom is 0.207 e. The third-order valence-corrected chi connectivity index (χ3v) is 13.8. The lowest BCUT2D eigenvalue weighted by atomic mass is 9.96. The molecule has 2 aliphatic heterocycles. The maximum absolute atomic E-state index is 13.5. The number of aliphatic hydroxyl groups excluding tert-OH is 1. The molecule has 7 aromatic rings. The summed E-state index contributed by atoms with van der Waals surface area (Å²) in [5.41, 5.74) is 7.19. The quantitative estimate of drug-likeness (QED) is 0.161. The van der Waals surface area contributed by atoms with E-state index in [0.29, 0.717) is 16.7 Å². The van der Waals surface area contributed by atoms with Crippen molar-refractivity contribution in [2.45, 2.75) is 25.7 Å². The highest BCUT2D eigenvalue weighted by atomic mass is 32.3. The Hall–Kier alpha value is -5.81. The molecule has 1 unspecified atom stereocenters. The van der Waals surface area contributed by atoms with Crippen molar-refractivity contribution in [1.82, 2.24) is 0 Å². The number of sulfone groups is 1. The summed E-state index contributed by atoms with van der Waals surface area (Å²) in [4.78, 5) is 16.3. The molecule has 0 amide bonds. The number of carbonyl (C=O) groups excluding carboxylic acids is 1. The van der Waals surface area contributed by atoms with E-state index >= 15 is 0 Å². The van der Waals surface area contributed by atoms with Crippen LogP contribution in [0.1, 0.15) is 33.2 Å². The van der Waals surface area contributed by atoms with Gasteiger partial charge >= 0.3 is 0 Å². The summed E-state index contributed by atoms with van der Waals surface area (Å²) in [6.45, 7) is 0. The van der Waals surface area contributed by atoms with E-state index in [4.69, 9.17) is 0 Å². The first kappa shape index (κ1) is 33.1. The molecule has 9 rings (SSSR count). The predicted octanol–water partition coefficient (Wildman–Crippen LogP) is 10.4. The van der Waals surface area contributed by atoms with Crippen molar-refractivity contribution in [3.63, 3.8) is 0 Å². The number of anilines is 3. The van der Waals surface area contributed by atoms with E-state index in [2.05, 4.69) is 4.90 Å². The fraction of sp³-hybridized carbons (Fsp3) is 0.0227. The zero-order valence-corrected chi connectivity index (χ0v) is 29.6. The normalized spacial score (nSPS) is 16.7.